The lowest BCUT2D eigenvalue weighted by Gasteiger charge is -2.32. The van der Waals surface area contributed by atoms with Gasteiger partial charge in [-0.15, -0.1) is 0 Å². The molecule has 138 heavy (non-hydrogen) atoms. The second kappa shape index (κ2) is 31.5. The Morgan fingerprint density at radius 1 is 0.145 bits per heavy atom. The highest BCUT2D eigenvalue weighted by Gasteiger charge is 2.54. The summed E-state index contributed by atoms with van der Waals surface area (Å²) in [6, 6.07) is 175. The van der Waals surface area contributed by atoms with E-state index < -0.39 is 10.8 Å². The quantitative estimate of drug-likeness (QED) is 0.142. The third-order valence-corrected chi connectivity index (χ3v) is 29.6. The van der Waals surface area contributed by atoms with Crippen molar-refractivity contribution in [1.82, 2.24) is 18.3 Å². The molecule has 0 aliphatic heterocycles. The minimum atomic E-state index is -0.565. The average molecular weight is 1760 g/mol. The number of pyridine rings is 3. The molecule has 0 unspecified atom stereocenters. The van der Waals surface area contributed by atoms with Crippen LogP contribution in [-0.2, 0) is 10.8 Å². The molecule has 0 fully saturated rings. The number of para-hydroxylation sites is 3. The van der Waals surface area contributed by atoms with Crippen LogP contribution in [0, 0.1) is 0 Å². The Morgan fingerprint density at radius 3 is 0.920 bits per heavy atom. The Labute approximate surface area is 795 Å². The fourth-order valence-corrected chi connectivity index (χ4v) is 24.0. The van der Waals surface area contributed by atoms with Gasteiger partial charge in [0.15, 0.2) is 0 Å². The molecule has 0 bridgehead atoms. The molecule has 4 aliphatic rings. The third-order valence-electron chi connectivity index (χ3n) is 29.6. The summed E-state index contributed by atoms with van der Waals surface area (Å²) in [7, 11) is 0. The predicted octanol–water partition coefficient (Wildman–Crippen LogP) is 30.9. The smallest absolute Gasteiger partial charge is 0.263 e. The van der Waals surface area contributed by atoms with Crippen LogP contribution in [0.1, 0.15) is 44.5 Å². The van der Waals surface area contributed by atoms with E-state index >= 15 is 4.79 Å². The lowest BCUT2D eigenvalue weighted by atomic mass is 9.69. The summed E-state index contributed by atoms with van der Waals surface area (Å²) >= 11 is 0. The van der Waals surface area contributed by atoms with E-state index in [0.717, 1.165) is 116 Å². The normalized spacial score (nSPS) is 12.8. The number of hydrogen-bond donors (Lipinski definition) is 0. The van der Waals surface area contributed by atoms with Crippen LogP contribution in [0.5, 0.6) is 0 Å². The van der Waals surface area contributed by atoms with Crippen molar-refractivity contribution in [2.75, 3.05) is 0 Å². The second-order valence-corrected chi connectivity index (χ2v) is 36.5. The number of nitrogens with zero attached hydrogens (tertiary/aromatic N) is 4. The molecule has 21 aromatic carbocycles. The van der Waals surface area contributed by atoms with Gasteiger partial charge in [0.25, 0.3) is 16.7 Å². The van der Waals surface area contributed by atoms with Gasteiger partial charge >= 0.3 is 0 Å². The first-order valence-corrected chi connectivity index (χ1v) is 47.2. The van der Waals surface area contributed by atoms with E-state index in [0.29, 0.717) is 10.8 Å². The van der Waals surface area contributed by atoms with Gasteiger partial charge in [0.05, 0.1) is 44.1 Å². The Balaban J connectivity index is 0.000000109. The maximum atomic E-state index is 15.4. The van der Waals surface area contributed by atoms with Gasteiger partial charge < -0.3 is 4.57 Å². The monoisotopic (exact) mass is 1760 g/mol. The summed E-state index contributed by atoms with van der Waals surface area (Å²) in [6.45, 7) is 0. The molecule has 4 aromatic heterocycles. The standard InChI is InChI=1S/C57H33NO.C43H29NO.C31H20N2O/c59-55-44-22-2-1-21-42(44)53-52(32-31-43-40-20-8-14-28-50(40)57(54(43)53)48-26-12-6-17-37(48)38-18-7-13-27-49(38)57)58(55)34-29-30-41-39-19-5-11-25-47(39)56(51(41)33-34)45-23-9-3-15-35(45)36-16-4-10-24-46(36)56;45-43-40-22-12-11-21-39(40)41-29-33(38-20-10-9-18-36(38)31-15-5-2-6-16-31)25-28-42(41)44(43)34-26-23-32(24-27-34)37-19-8-7-17-35(37)30-13-3-1-4-14-30;34-31-26-15-5-4-12-23(26)24-13-6-9-17-29(24)33(31)22-18-19-30-27(20-22)25-14-7-8-16-28(25)32(30)21-10-2-1-3-11-21/h1-33H;1-29H;1-20H. The number of benzene rings is 21. The van der Waals surface area contributed by atoms with Crippen molar-refractivity contribution in [1.29, 1.82) is 0 Å². The molecule has 7 heteroatoms. The van der Waals surface area contributed by atoms with Gasteiger partial charge in [0.2, 0.25) is 0 Å². The SMILES string of the molecule is O=c1c2ccccc2c2c3c(ccc2n1-c1ccc2c(c1)C1(c4ccccc4-c4ccccc41)c1ccccc1-2)-c1ccccc1C31c2ccccc2-c2ccccc21.O=c1c2ccccc2c2cc(-c3ccccc3-c3ccccc3)ccc2n1-c1ccc(-c2ccccc2-c2ccccc2)cc1.O=c1c2ccccc2c2ccccc2n1-c1ccc2c(c1)c1ccccc1n2-c1ccccc1. The maximum absolute atomic E-state index is 15.4. The van der Waals surface area contributed by atoms with Crippen LogP contribution in [-0.4, -0.2) is 18.3 Å². The highest BCUT2D eigenvalue weighted by atomic mass is 16.1. The number of rotatable bonds is 8. The maximum Gasteiger partial charge on any atom is 0.263 e. The van der Waals surface area contributed by atoms with Crippen LogP contribution in [0.2, 0.25) is 0 Å². The lowest BCUT2D eigenvalue weighted by Crippen LogP contribution is -2.28. The summed E-state index contributed by atoms with van der Waals surface area (Å²) in [4.78, 5) is 43.2. The molecule has 2 spiro atoms. The molecule has 7 nitrogen and oxygen atoms in total. The predicted molar refractivity (Wildman–Crippen MR) is 570 cm³/mol. The molecule has 25 aromatic rings. The number of hydrogen-bond acceptors (Lipinski definition) is 3. The molecule has 644 valence electrons. The first-order valence-electron chi connectivity index (χ1n) is 47.2. The largest absolute Gasteiger partial charge is 0.309 e. The first-order chi connectivity index (χ1) is 68.3. The van der Waals surface area contributed by atoms with E-state index in [1.807, 2.05) is 105 Å². The molecule has 29 rings (SSSR count). The minimum absolute atomic E-state index is 0.000414. The zero-order chi connectivity index (χ0) is 91.4. The highest BCUT2D eigenvalue weighted by molar-refractivity contribution is 6.16. The highest BCUT2D eigenvalue weighted by Crippen LogP contribution is 2.66. The molecule has 0 amide bonds. The van der Waals surface area contributed by atoms with Crippen molar-refractivity contribution in [2.45, 2.75) is 10.8 Å². The summed E-state index contributed by atoms with van der Waals surface area (Å²) in [5.41, 5.74) is 37.0. The zero-order valence-electron chi connectivity index (χ0n) is 74.9. The van der Waals surface area contributed by atoms with Gasteiger partial charge in [-0.05, 0) is 253 Å². The van der Waals surface area contributed by atoms with E-state index in [1.165, 1.54) is 117 Å². The number of fused-ring (bicyclic) bond motifs is 33. The molecular formula is C131H82N4O3. The summed E-state index contributed by atoms with van der Waals surface area (Å²) in [6.07, 6.45) is 0. The van der Waals surface area contributed by atoms with Crippen LogP contribution in [0.4, 0.5) is 0 Å². The summed E-state index contributed by atoms with van der Waals surface area (Å²) in [5.74, 6) is 0. The van der Waals surface area contributed by atoms with Crippen LogP contribution < -0.4 is 16.7 Å². The molecule has 0 N–H and O–H groups in total. The van der Waals surface area contributed by atoms with Gasteiger partial charge in [0.1, 0.15) is 0 Å². The average Bonchev–Trinajstić information content (AvgIpc) is 1.49. The summed E-state index contributed by atoms with van der Waals surface area (Å²) in [5, 5.41) is 10.6. The fraction of sp³-hybridized carbons (Fsp3) is 0.0153. The van der Waals surface area contributed by atoms with Crippen molar-refractivity contribution in [3.05, 3.63) is 573 Å². The van der Waals surface area contributed by atoms with Crippen LogP contribution in [0.25, 0.3) is 199 Å². The minimum Gasteiger partial charge on any atom is -0.309 e. The van der Waals surface area contributed by atoms with Crippen molar-refractivity contribution in [2.24, 2.45) is 0 Å². The topological polar surface area (TPSA) is 70.9 Å². The van der Waals surface area contributed by atoms with Crippen molar-refractivity contribution in [3.63, 3.8) is 0 Å². The molecular weight excluding hydrogens is 1680 g/mol. The van der Waals surface area contributed by atoms with Gasteiger partial charge in [-0.1, -0.05) is 394 Å². The molecule has 0 saturated carbocycles. The van der Waals surface area contributed by atoms with E-state index in [-0.39, 0.29) is 16.7 Å². The van der Waals surface area contributed by atoms with Crippen molar-refractivity contribution in [3.8, 4) is 112 Å². The van der Waals surface area contributed by atoms with Crippen LogP contribution >= 0.6 is 0 Å². The Bertz CT molecular complexity index is 9490. The molecule has 0 saturated heterocycles. The van der Waals surface area contributed by atoms with Gasteiger partial charge in [-0.25, -0.2) is 0 Å². The summed E-state index contributed by atoms with van der Waals surface area (Å²) < 4.78 is 8.02. The van der Waals surface area contributed by atoms with Crippen LogP contribution in [0.15, 0.2) is 512 Å². The Kier molecular flexibility index (Phi) is 18.2. The van der Waals surface area contributed by atoms with E-state index in [2.05, 4.69) is 411 Å². The van der Waals surface area contributed by atoms with E-state index in [4.69, 9.17) is 0 Å². The fourth-order valence-electron chi connectivity index (χ4n) is 24.0. The number of aromatic nitrogens is 4. The zero-order valence-corrected chi connectivity index (χ0v) is 74.9. The van der Waals surface area contributed by atoms with Crippen molar-refractivity contribution < 1.29 is 0 Å². The van der Waals surface area contributed by atoms with Gasteiger partial charge in [0, 0.05) is 60.2 Å². The molecule has 4 heterocycles. The third kappa shape index (κ3) is 11.7. The molecule has 0 atom stereocenters. The molecule has 0 radical (unpaired) electrons. The van der Waals surface area contributed by atoms with Crippen LogP contribution in [0.3, 0.4) is 0 Å². The van der Waals surface area contributed by atoms with Crippen molar-refractivity contribution >= 4 is 86.8 Å². The van der Waals surface area contributed by atoms with E-state index in [9.17, 15) is 9.59 Å². The first kappa shape index (κ1) is 79.6. The lowest BCUT2D eigenvalue weighted by molar-refractivity contribution is 0.791. The second-order valence-electron chi connectivity index (χ2n) is 36.5. The van der Waals surface area contributed by atoms with E-state index in [1.54, 1.807) is 0 Å². The Hall–Kier alpha value is -18.2. The molecule has 4 aliphatic carbocycles. The Morgan fingerprint density at radius 2 is 0.420 bits per heavy atom. The van der Waals surface area contributed by atoms with Gasteiger partial charge in [-0.3, -0.25) is 28.1 Å². The van der Waals surface area contributed by atoms with Gasteiger partial charge in [-0.2, -0.15) is 0 Å².